The summed E-state index contributed by atoms with van der Waals surface area (Å²) in [6.07, 6.45) is 5.32. The molecule has 0 saturated heterocycles. The lowest BCUT2D eigenvalue weighted by atomic mass is 9.87. The van der Waals surface area contributed by atoms with Crippen LogP contribution in [0.3, 0.4) is 0 Å². The highest BCUT2D eigenvalue weighted by Gasteiger charge is 2.33. The maximum atomic E-state index is 12.6. The lowest BCUT2D eigenvalue weighted by molar-refractivity contribution is 0.0901. The van der Waals surface area contributed by atoms with E-state index in [0.717, 1.165) is 30.5 Å². The number of amides is 1. The number of aromatic nitrogens is 2. The third-order valence-corrected chi connectivity index (χ3v) is 4.63. The summed E-state index contributed by atoms with van der Waals surface area (Å²) in [4.78, 5) is 12.6. The number of aliphatic hydroxyl groups excluding tert-OH is 1. The normalized spacial score (nSPS) is 17.8. The van der Waals surface area contributed by atoms with Gasteiger partial charge in [0, 0.05) is 18.5 Å². The molecule has 2 atom stereocenters. The molecule has 5 heteroatoms. The topological polar surface area (TPSA) is 67.2 Å². The van der Waals surface area contributed by atoms with Crippen molar-refractivity contribution in [2.45, 2.75) is 78.4 Å². The summed E-state index contributed by atoms with van der Waals surface area (Å²) < 4.78 is 2.04. The van der Waals surface area contributed by atoms with Crippen LogP contribution in [0, 0.1) is 5.41 Å². The van der Waals surface area contributed by atoms with Gasteiger partial charge < -0.3 is 10.4 Å². The van der Waals surface area contributed by atoms with Gasteiger partial charge in [-0.25, -0.2) is 0 Å². The van der Waals surface area contributed by atoms with Crippen LogP contribution in [0.4, 0.5) is 0 Å². The molecule has 1 heterocycles. The van der Waals surface area contributed by atoms with Crippen LogP contribution >= 0.6 is 0 Å². The third-order valence-electron chi connectivity index (χ3n) is 4.63. The molecule has 0 bridgehead atoms. The second-order valence-corrected chi connectivity index (χ2v) is 7.82. The van der Waals surface area contributed by atoms with Crippen LogP contribution in [0.5, 0.6) is 0 Å². The predicted molar refractivity (Wildman–Crippen MR) is 91.6 cm³/mol. The fourth-order valence-corrected chi connectivity index (χ4v) is 3.12. The number of hydrogen-bond donors (Lipinski definition) is 2. The number of nitrogens with zero attached hydrogens (tertiary/aromatic N) is 2. The molecule has 130 valence electrons. The summed E-state index contributed by atoms with van der Waals surface area (Å²) in [5.41, 5.74) is 1.70. The Labute approximate surface area is 139 Å². The maximum Gasteiger partial charge on any atom is 0.254 e. The van der Waals surface area contributed by atoms with Gasteiger partial charge in [-0.2, -0.15) is 5.10 Å². The Balaban J connectivity index is 2.09. The van der Waals surface area contributed by atoms with Gasteiger partial charge in [0.25, 0.3) is 5.91 Å². The third kappa shape index (κ3) is 4.56. The summed E-state index contributed by atoms with van der Waals surface area (Å²) >= 11 is 0. The Kier molecular flexibility index (Phi) is 5.50. The monoisotopic (exact) mass is 321 g/mol. The molecule has 5 nitrogen and oxygen atoms in total. The van der Waals surface area contributed by atoms with Gasteiger partial charge >= 0.3 is 0 Å². The van der Waals surface area contributed by atoms with Crippen molar-refractivity contribution in [2.24, 2.45) is 5.41 Å². The molecular formula is C18H31N3O2. The average molecular weight is 321 g/mol. The van der Waals surface area contributed by atoms with Gasteiger partial charge in [-0.1, -0.05) is 20.8 Å². The van der Waals surface area contributed by atoms with E-state index in [0.29, 0.717) is 24.9 Å². The SMILES string of the molecule is CCC(C)n1ncc(C(=O)NCC(C)(C)CC(C)O)c1C1CC1. The fourth-order valence-electron chi connectivity index (χ4n) is 3.12. The van der Waals surface area contributed by atoms with Gasteiger partial charge in [0.2, 0.25) is 0 Å². The van der Waals surface area contributed by atoms with Crippen LogP contribution in [0.2, 0.25) is 0 Å². The molecule has 0 spiro atoms. The summed E-state index contributed by atoms with van der Waals surface area (Å²) in [5, 5.41) is 17.1. The summed E-state index contributed by atoms with van der Waals surface area (Å²) in [5.74, 6) is 0.442. The van der Waals surface area contributed by atoms with Crippen molar-refractivity contribution in [3.8, 4) is 0 Å². The standard InChI is InChI=1S/C18H31N3O2/c1-6-12(2)21-16(14-7-8-14)15(10-20-21)17(23)19-11-18(4,5)9-13(3)22/h10,12-14,22H,6-9,11H2,1-5H3,(H,19,23). The smallest absolute Gasteiger partial charge is 0.254 e. The van der Waals surface area contributed by atoms with Crippen LogP contribution in [-0.4, -0.2) is 33.4 Å². The van der Waals surface area contributed by atoms with E-state index in [1.165, 1.54) is 0 Å². The predicted octanol–water partition coefficient (Wildman–Crippen LogP) is 3.26. The summed E-state index contributed by atoms with van der Waals surface area (Å²) in [7, 11) is 0. The molecule has 2 rings (SSSR count). The van der Waals surface area contributed by atoms with Crippen molar-refractivity contribution in [3.63, 3.8) is 0 Å². The van der Waals surface area contributed by atoms with Gasteiger partial charge in [-0.15, -0.1) is 0 Å². The second kappa shape index (κ2) is 7.04. The van der Waals surface area contributed by atoms with Gasteiger partial charge in [0.1, 0.15) is 0 Å². The molecule has 0 aromatic carbocycles. The first-order chi connectivity index (χ1) is 10.7. The molecule has 1 saturated carbocycles. The molecule has 0 radical (unpaired) electrons. The van der Waals surface area contributed by atoms with E-state index < -0.39 is 0 Å². The number of carbonyl (C=O) groups excluding carboxylic acids is 1. The molecule has 23 heavy (non-hydrogen) atoms. The summed E-state index contributed by atoms with van der Waals surface area (Å²) in [6, 6.07) is 0.318. The zero-order valence-electron chi connectivity index (χ0n) is 15.1. The van der Waals surface area contributed by atoms with E-state index in [9.17, 15) is 9.90 Å². The molecule has 1 aromatic heterocycles. The highest BCUT2D eigenvalue weighted by molar-refractivity contribution is 5.95. The number of aliphatic hydroxyl groups is 1. The molecular weight excluding hydrogens is 290 g/mol. The Morgan fingerprint density at radius 2 is 2.13 bits per heavy atom. The first-order valence-corrected chi connectivity index (χ1v) is 8.79. The zero-order valence-corrected chi connectivity index (χ0v) is 15.1. The summed E-state index contributed by atoms with van der Waals surface area (Å²) in [6.45, 7) is 10.7. The fraction of sp³-hybridized carbons (Fsp3) is 0.778. The molecule has 2 unspecified atom stereocenters. The molecule has 1 fully saturated rings. The van der Waals surface area contributed by atoms with Crippen molar-refractivity contribution in [1.29, 1.82) is 0 Å². The number of nitrogens with one attached hydrogen (secondary N) is 1. The molecule has 0 aliphatic heterocycles. The van der Waals surface area contributed by atoms with Crippen molar-refractivity contribution >= 4 is 5.91 Å². The van der Waals surface area contributed by atoms with Crippen LogP contribution in [0.25, 0.3) is 0 Å². The number of carbonyl (C=O) groups is 1. The van der Waals surface area contributed by atoms with Crippen molar-refractivity contribution < 1.29 is 9.90 Å². The van der Waals surface area contributed by atoms with E-state index >= 15 is 0 Å². The van der Waals surface area contributed by atoms with E-state index in [1.54, 1.807) is 13.1 Å². The highest BCUT2D eigenvalue weighted by Crippen LogP contribution is 2.42. The second-order valence-electron chi connectivity index (χ2n) is 7.82. The van der Waals surface area contributed by atoms with Crippen molar-refractivity contribution in [3.05, 3.63) is 17.5 Å². The minimum atomic E-state index is -0.364. The average Bonchev–Trinajstić information content (AvgIpc) is 3.21. The van der Waals surface area contributed by atoms with E-state index in [4.69, 9.17) is 0 Å². The minimum absolute atomic E-state index is 0.0416. The lowest BCUT2D eigenvalue weighted by Gasteiger charge is -2.26. The van der Waals surface area contributed by atoms with Crippen LogP contribution in [0.1, 0.15) is 88.3 Å². The van der Waals surface area contributed by atoms with E-state index in [-0.39, 0.29) is 17.4 Å². The van der Waals surface area contributed by atoms with E-state index in [2.05, 4.69) is 38.1 Å². The van der Waals surface area contributed by atoms with Crippen LogP contribution in [-0.2, 0) is 0 Å². The van der Waals surface area contributed by atoms with Crippen molar-refractivity contribution in [1.82, 2.24) is 15.1 Å². The van der Waals surface area contributed by atoms with Crippen molar-refractivity contribution in [2.75, 3.05) is 6.54 Å². The van der Waals surface area contributed by atoms with Gasteiger partial charge in [-0.3, -0.25) is 9.48 Å². The Morgan fingerprint density at radius 3 is 2.65 bits per heavy atom. The Hall–Kier alpha value is -1.36. The number of hydrogen-bond acceptors (Lipinski definition) is 3. The molecule has 1 amide bonds. The highest BCUT2D eigenvalue weighted by atomic mass is 16.3. The first kappa shape index (κ1) is 18.0. The molecule has 2 N–H and O–H groups in total. The van der Waals surface area contributed by atoms with Gasteiger partial charge in [0.05, 0.1) is 23.6 Å². The zero-order chi connectivity index (χ0) is 17.2. The maximum absolute atomic E-state index is 12.6. The van der Waals surface area contributed by atoms with Crippen LogP contribution < -0.4 is 5.32 Å². The molecule has 1 aromatic rings. The minimum Gasteiger partial charge on any atom is -0.393 e. The van der Waals surface area contributed by atoms with E-state index in [1.807, 2.05) is 4.68 Å². The lowest BCUT2D eigenvalue weighted by Crippen LogP contribution is -2.36. The van der Waals surface area contributed by atoms with Gasteiger partial charge in [-0.05, 0) is 44.9 Å². The van der Waals surface area contributed by atoms with Gasteiger partial charge in [0.15, 0.2) is 0 Å². The molecule has 1 aliphatic rings. The van der Waals surface area contributed by atoms with Crippen LogP contribution in [0.15, 0.2) is 6.20 Å². The molecule has 1 aliphatic carbocycles. The number of rotatable bonds is 8. The largest absolute Gasteiger partial charge is 0.393 e. The Bertz CT molecular complexity index is 544. The quantitative estimate of drug-likeness (QED) is 0.772. The Morgan fingerprint density at radius 1 is 1.48 bits per heavy atom. The first-order valence-electron chi connectivity index (χ1n) is 8.79.